The summed E-state index contributed by atoms with van der Waals surface area (Å²) in [6, 6.07) is 6.91. The van der Waals surface area contributed by atoms with Crippen LogP contribution < -0.4 is 0 Å². The molecule has 0 amide bonds. The molecule has 0 saturated carbocycles. The zero-order valence-corrected chi connectivity index (χ0v) is 16.4. The first-order chi connectivity index (χ1) is 14.1. The SMILES string of the molecule is CCOC(=O)c1ccoc1COC(=O)c1cc(-c2cccs2)nc2onc(C)c12. The number of esters is 2. The van der Waals surface area contributed by atoms with E-state index >= 15 is 0 Å². The molecule has 4 aromatic rings. The van der Waals surface area contributed by atoms with Gasteiger partial charge in [-0.1, -0.05) is 11.2 Å². The molecule has 0 atom stereocenters. The number of pyridine rings is 1. The van der Waals surface area contributed by atoms with Crippen molar-refractivity contribution in [3.05, 3.63) is 58.5 Å². The molecule has 0 aliphatic rings. The van der Waals surface area contributed by atoms with E-state index in [9.17, 15) is 9.59 Å². The van der Waals surface area contributed by atoms with Crippen molar-refractivity contribution in [1.82, 2.24) is 10.1 Å². The molecule has 0 aliphatic carbocycles. The van der Waals surface area contributed by atoms with Crippen LogP contribution in [-0.2, 0) is 16.1 Å². The number of aromatic nitrogens is 2. The topological polar surface area (TPSA) is 105 Å². The Hall–Kier alpha value is -3.46. The van der Waals surface area contributed by atoms with Crippen molar-refractivity contribution in [1.29, 1.82) is 0 Å². The number of nitrogens with zero attached hydrogens (tertiary/aromatic N) is 2. The Morgan fingerprint density at radius 1 is 1.17 bits per heavy atom. The summed E-state index contributed by atoms with van der Waals surface area (Å²) >= 11 is 1.49. The molecular formula is C20H16N2O6S. The van der Waals surface area contributed by atoms with Crippen molar-refractivity contribution in [3.63, 3.8) is 0 Å². The average molecular weight is 412 g/mol. The Morgan fingerprint density at radius 2 is 2.00 bits per heavy atom. The van der Waals surface area contributed by atoms with Crippen LogP contribution in [0.15, 0.2) is 44.8 Å². The highest BCUT2D eigenvalue weighted by Crippen LogP contribution is 2.30. The summed E-state index contributed by atoms with van der Waals surface area (Å²) in [5.74, 6) is -0.927. The van der Waals surface area contributed by atoms with E-state index in [0.29, 0.717) is 16.8 Å². The summed E-state index contributed by atoms with van der Waals surface area (Å²) in [5.41, 5.74) is 1.87. The standard InChI is InChI=1S/C20H16N2O6S/c1-3-25-19(23)12-6-7-26-15(12)10-27-20(24)13-9-14(16-5-4-8-29-16)21-18-17(13)11(2)22-28-18/h4-9H,3,10H2,1-2H3. The highest BCUT2D eigenvalue weighted by molar-refractivity contribution is 7.13. The number of carbonyl (C=O) groups excluding carboxylic acids is 2. The number of furan rings is 1. The molecule has 0 unspecified atom stereocenters. The number of aryl methyl sites for hydroxylation is 1. The Labute approximate surface area is 169 Å². The van der Waals surface area contributed by atoms with Gasteiger partial charge in [0.15, 0.2) is 12.4 Å². The Morgan fingerprint density at radius 3 is 2.76 bits per heavy atom. The zero-order chi connectivity index (χ0) is 20.4. The predicted octanol–water partition coefficient (Wildman–Crippen LogP) is 4.39. The van der Waals surface area contributed by atoms with Gasteiger partial charge in [0.1, 0.15) is 5.56 Å². The van der Waals surface area contributed by atoms with Crippen molar-refractivity contribution in [2.75, 3.05) is 6.61 Å². The summed E-state index contributed by atoms with van der Waals surface area (Å²) in [4.78, 5) is 30.1. The number of rotatable bonds is 6. The van der Waals surface area contributed by atoms with Gasteiger partial charge in [0.2, 0.25) is 0 Å². The molecule has 148 valence electrons. The van der Waals surface area contributed by atoms with Gasteiger partial charge >= 0.3 is 11.9 Å². The normalized spacial score (nSPS) is 11.0. The second-order valence-electron chi connectivity index (χ2n) is 6.03. The molecule has 4 heterocycles. The molecular weight excluding hydrogens is 396 g/mol. The number of carbonyl (C=O) groups is 2. The maximum atomic E-state index is 12.9. The Balaban J connectivity index is 1.63. The van der Waals surface area contributed by atoms with Crippen LogP contribution >= 0.6 is 11.3 Å². The van der Waals surface area contributed by atoms with Gasteiger partial charge < -0.3 is 18.4 Å². The summed E-state index contributed by atoms with van der Waals surface area (Å²) in [5, 5.41) is 6.31. The van der Waals surface area contributed by atoms with Gasteiger partial charge in [-0.2, -0.15) is 0 Å². The fraction of sp³-hybridized carbons (Fsp3) is 0.200. The van der Waals surface area contributed by atoms with E-state index in [1.165, 1.54) is 23.7 Å². The predicted molar refractivity (Wildman–Crippen MR) is 104 cm³/mol. The minimum absolute atomic E-state index is 0.211. The lowest BCUT2D eigenvalue weighted by Crippen LogP contribution is -2.10. The molecule has 9 heteroatoms. The highest BCUT2D eigenvalue weighted by atomic mass is 32.1. The molecule has 0 fully saturated rings. The molecule has 4 aromatic heterocycles. The summed E-state index contributed by atoms with van der Waals surface area (Å²) in [7, 11) is 0. The van der Waals surface area contributed by atoms with Crippen molar-refractivity contribution < 1.29 is 28.0 Å². The number of hydrogen-bond donors (Lipinski definition) is 0. The highest BCUT2D eigenvalue weighted by Gasteiger charge is 2.22. The second kappa shape index (κ2) is 7.88. The largest absolute Gasteiger partial charge is 0.465 e. The van der Waals surface area contributed by atoms with Crippen LogP contribution in [0.25, 0.3) is 21.7 Å². The molecule has 0 spiro atoms. The van der Waals surface area contributed by atoms with Crippen molar-refractivity contribution in [2.24, 2.45) is 0 Å². The van der Waals surface area contributed by atoms with Crippen LogP contribution in [0, 0.1) is 6.92 Å². The van der Waals surface area contributed by atoms with Crippen LogP contribution in [0.4, 0.5) is 0 Å². The maximum Gasteiger partial charge on any atom is 0.341 e. The number of fused-ring (bicyclic) bond motifs is 1. The molecule has 0 saturated heterocycles. The lowest BCUT2D eigenvalue weighted by Gasteiger charge is -2.07. The van der Waals surface area contributed by atoms with Gasteiger partial charge in [-0.15, -0.1) is 11.3 Å². The number of ether oxygens (including phenoxy) is 2. The lowest BCUT2D eigenvalue weighted by molar-refractivity contribution is 0.0424. The average Bonchev–Trinajstić information content (AvgIpc) is 3.47. The first-order valence-electron chi connectivity index (χ1n) is 8.80. The van der Waals surface area contributed by atoms with Gasteiger partial charge in [0.25, 0.3) is 5.71 Å². The maximum absolute atomic E-state index is 12.9. The third-order valence-electron chi connectivity index (χ3n) is 4.19. The van der Waals surface area contributed by atoms with Crippen LogP contribution in [-0.4, -0.2) is 28.7 Å². The molecule has 8 nitrogen and oxygen atoms in total. The van der Waals surface area contributed by atoms with Crippen molar-refractivity contribution in [3.8, 4) is 10.6 Å². The minimum Gasteiger partial charge on any atom is -0.465 e. The molecule has 4 rings (SSSR count). The molecule has 0 aromatic carbocycles. The number of hydrogen-bond acceptors (Lipinski definition) is 9. The van der Waals surface area contributed by atoms with Crippen LogP contribution in [0.1, 0.15) is 39.1 Å². The summed E-state index contributed by atoms with van der Waals surface area (Å²) < 4.78 is 20.9. The van der Waals surface area contributed by atoms with Gasteiger partial charge in [0.05, 0.1) is 40.1 Å². The second-order valence-corrected chi connectivity index (χ2v) is 6.98. The van der Waals surface area contributed by atoms with E-state index in [-0.39, 0.29) is 35.8 Å². The fourth-order valence-corrected chi connectivity index (χ4v) is 3.54. The van der Waals surface area contributed by atoms with Gasteiger partial charge in [-0.3, -0.25) is 0 Å². The first kappa shape index (κ1) is 18.9. The summed E-state index contributed by atoms with van der Waals surface area (Å²) in [6.07, 6.45) is 1.35. The smallest absolute Gasteiger partial charge is 0.341 e. The van der Waals surface area contributed by atoms with E-state index < -0.39 is 11.9 Å². The van der Waals surface area contributed by atoms with E-state index in [1.54, 1.807) is 19.9 Å². The number of thiophene rings is 1. The third-order valence-corrected chi connectivity index (χ3v) is 5.08. The van der Waals surface area contributed by atoms with Gasteiger partial charge in [-0.05, 0) is 37.4 Å². The van der Waals surface area contributed by atoms with Crippen molar-refractivity contribution in [2.45, 2.75) is 20.5 Å². The van der Waals surface area contributed by atoms with Crippen LogP contribution in [0.2, 0.25) is 0 Å². The monoisotopic (exact) mass is 412 g/mol. The quantitative estimate of drug-likeness (QED) is 0.430. The Kier molecular flexibility index (Phi) is 5.13. The lowest BCUT2D eigenvalue weighted by atomic mass is 10.1. The molecule has 0 radical (unpaired) electrons. The zero-order valence-electron chi connectivity index (χ0n) is 15.6. The fourth-order valence-electron chi connectivity index (χ4n) is 2.86. The Bertz CT molecular complexity index is 1180. The van der Waals surface area contributed by atoms with Gasteiger partial charge in [0, 0.05) is 0 Å². The van der Waals surface area contributed by atoms with Crippen LogP contribution in [0.5, 0.6) is 0 Å². The molecule has 0 bridgehead atoms. The van der Waals surface area contributed by atoms with E-state index in [2.05, 4.69) is 10.1 Å². The van der Waals surface area contributed by atoms with E-state index in [1.807, 2.05) is 17.5 Å². The van der Waals surface area contributed by atoms with E-state index in [0.717, 1.165) is 4.88 Å². The van der Waals surface area contributed by atoms with Gasteiger partial charge in [-0.25, -0.2) is 14.6 Å². The summed E-state index contributed by atoms with van der Waals surface area (Å²) in [6.45, 7) is 3.44. The first-order valence-corrected chi connectivity index (χ1v) is 9.68. The third kappa shape index (κ3) is 3.64. The minimum atomic E-state index is -0.604. The van der Waals surface area contributed by atoms with E-state index in [4.69, 9.17) is 18.4 Å². The molecule has 29 heavy (non-hydrogen) atoms. The van der Waals surface area contributed by atoms with Crippen LogP contribution in [0.3, 0.4) is 0 Å². The molecule has 0 N–H and O–H groups in total. The van der Waals surface area contributed by atoms with Crippen molar-refractivity contribution >= 4 is 34.4 Å². The molecule has 0 aliphatic heterocycles.